The van der Waals surface area contributed by atoms with Gasteiger partial charge in [0.05, 0.1) is 17.8 Å². The molecule has 3 rings (SSSR count). The second-order valence-electron chi connectivity index (χ2n) is 6.74. The number of aromatic carboxylic acids is 1. The normalized spacial score (nSPS) is 10.5. The van der Waals surface area contributed by atoms with Crippen molar-refractivity contribution in [1.29, 1.82) is 0 Å². The highest BCUT2D eigenvalue weighted by Crippen LogP contribution is 2.25. The molecule has 0 aliphatic rings. The number of carbonyl (C=O) groups is 3. The highest BCUT2D eigenvalue weighted by molar-refractivity contribution is 7.14. The monoisotopic (exact) mass is 439 g/mol. The second kappa shape index (κ2) is 9.83. The van der Waals surface area contributed by atoms with Crippen molar-refractivity contribution >= 4 is 39.9 Å². The summed E-state index contributed by atoms with van der Waals surface area (Å²) < 4.78 is 0. The van der Waals surface area contributed by atoms with Crippen LogP contribution in [0.25, 0.3) is 11.3 Å². The van der Waals surface area contributed by atoms with Crippen LogP contribution in [0.15, 0.2) is 53.9 Å². The minimum Gasteiger partial charge on any atom is -0.478 e. The first-order chi connectivity index (χ1) is 14.8. The Bertz CT molecular complexity index is 1110. The molecule has 0 saturated heterocycles. The summed E-state index contributed by atoms with van der Waals surface area (Å²) in [5, 5.41) is 18.1. The summed E-state index contributed by atoms with van der Waals surface area (Å²) in [5.41, 5.74) is 5.58. The van der Waals surface area contributed by atoms with Crippen LogP contribution in [0, 0.1) is 0 Å². The number of nitrogens with zero attached hydrogens (tertiary/aromatic N) is 2. The van der Waals surface area contributed by atoms with Crippen LogP contribution in [0.2, 0.25) is 0 Å². The maximum atomic E-state index is 12.3. The third kappa shape index (κ3) is 6.11. The maximum Gasteiger partial charge on any atom is 0.335 e. The average molecular weight is 439 g/mol. The maximum absolute atomic E-state index is 12.3. The zero-order valence-electron chi connectivity index (χ0n) is 16.9. The van der Waals surface area contributed by atoms with E-state index in [4.69, 9.17) is 5.11 Å². The Kier molecular flexibility index (Phi) is 6.96. The lowest BCUT2D eigenvalue weighted by Gasteiger charge is -2.14. The first-order valence-corrected chi connectivity index (χ1v) is 10.1. The van der Waals surface area contributed by atoms with Crippen LogP contribution in [0.4, 0.5) is 10.8 Å². The predicted octanol–water partition coefficient (Wildman–Crippen LogP) is 2.77. The van der Waals surface area contributed by atoms with Crippen molar-refractivity contribution in [2.75, 3.05) is 31.4 Å². The Hall–Kier alpha value is -3.76. The van der Waals surface area contributed by atoms with Gasteiger partial charge in [-0.2, -0.15) is 0 Å². The highest BCUT2D eigenvalue weighted by Gasteiger charge is 2.12. The number of aromatic nitrogens is 1. The van der Waals surface area contributed by atoms with Gasteiger partial charge in [-0.1, -0.05) is 18.2 Å². The summed E-state index contributed by atoms with van der Waals surface area (Å²) in [4.78, 5) is 39.9. The minimum absolute atomic E-state index is 0.156. The lowest BCUT2D eigenvalue weighted by molar-refractivity contribution is -0.115. The van der Waals surface area contributed by atoms with Crippen LogP contribution in [0.3, 0.4) is 0 Å². The van der Waals surface area contributed by atoms with Crippen molar-refractivity contribution in [1.82, 2.24) is 15.3 Å². The number of amides is 2. The van der Waals surface area contributed by atoms with E-state index in [2.05, 4.69) is 21.0 Å². The molecule has 10 heteroatoms. The third-order valence-electron chi connectivity index (χ3n) is 4.04. The lowest BCUT2D eigenvalue weighted by Crippen LogP contribution is -2.32. The molecule has 2 amide bonds. The molecular weight excluding hydrogens is 418 g/mol. The molecule has 160 valence electrons. The van der Waals surface area contributed by atoms with Crippen molar-refractivity contribution in [3.63, 3.8) is 0 Å². The second-order valence-corrected chi connectivity index (χ2v) is 7.60. The van der Waals surface area contributed by atoms with E-state index in [1.807, 2.05) is 20.2 Å². The number of nitrogens with one attached hydrogen (secondary N) is 3. The van der Waals surface area contributed by atoms with Crippen molar-refractivity contribution in [2.24, 2.45) is 0 Å². The Morgan fingerprint density at radius 1 is 1.06 bits per heavy atom. The van der Waals surface area contributed by atoms with E-state index in [-0.39, 0.29) is 18.0 Å². The van der Waals surface area contributed by atoms with Crippen LogP contribution < -0.4 is 16.1 Å². The molecule has 31 heavy (non-hydrogen) atoms. The number of rotatable bonds is 8. The summed E-state index contributed by atoms with van der Waals surface area (Å²) in [6.07, 6.45) is 0. The van der Waals surface area contributed by atoms with Gasteiger partial charge >= 0.3 is 5.97 Å². The fourth-order valence-corrected chi connectivity index (χ4v) is 3.43. The minimum atomic E-state index is -1.02. The molecule has 0 atom stereocenters. The van der Waals surface area contributed by atoms with Gasteiger partial charge in [-0.25, -0.2) is 14.8 Å². The average Bonchev–Trinajstić information content (AvgIpc) is 3.20. The molecule has 0 aliphatic carbocycles. The molecule has 1 aromatic heterocycles. The zero-order valence-corrected chi connectivity index (χ0v) is 17.7. The van der Waals surface area contributed by atoms with Gasteiger partial charge in [-0.3, -0.25) is 9.59 Å². The standard InChI is InChI=1S/C21H21N5O4S/c1-26(2)25-16-8-4-6-14(10-16)19(28)22-11-18(27)24-21-23-17(12-31-21)13-5-3-7-15(9-13)20(29)30/h3-10,12,25H,11H2,1-2H3,(H,22,28)(H,29,30)(H,23,24,27). The summed E-state index contributed by atoms with van der Waals surface area (Å²) in [6.45, 7) is -0.215. The molecule has 1 heterocycles. The van der Waals surface area contributed by atoms with E-state index in [0.29, 0.717) is 22.0 Å². The fourth-order valence-electron chi connectivity index (χ4n) is 2.69. The van der Waals surface area contributed by atoms with Crippen molar-refractivity contribution < 1.29 is 19.5 Å². The topological polar surface area (TPSA) is 124 Å². The molecule has 9 nitrogen and oxygen atoms in total. The van der Waals surface area contributed by atoms with Crippen LogP contribution in [-0.2, 0) is 4.79 Å². The number of benzene rings is 2. The Labute approximate surface area is 182 Å². The van der Waals surface area contributed by atoms with E-state index >= 15 is 0 Å². The van der Waals surface area contributed by atoms with Crippen LogP contribution in [-0.4, -0.2) is 53.5 Å². The third-order valence-corrected chi connectivity index (χ3v) is 4.80. The molecule has 3 aromatic rings. The zero-order chi connectivity index (χ0) is 22.4. The van der Waals surface area contributed by atoms with Crippen LogP contribution in [0.1, 0.15) is 20.7 Å². The summed E-state index contributed by atoms with van der Waals surface area (Å²) in [7, 11) is 3.67. The Morgan fingerprint density at radius 3 is 2.55 bits per heavy atom. The van der Waals surface area contributed by atoms with Crippen molar-refractivity contribution in [3.05, 3.63) is 65.0 Å². The molecule has 2 aromatic carbocycles. The lowest BCUT2D eigenvalue weighted by atomic mass is 10.1. The molecule has 0 saturated carbocycles. The van der Waals surface area contributed by atoms with Gasteiger partial charge in [-0.15, -0.1) is 11.3 Å². The molecule has 0 radical (unpaired) electrons. The summed E-state index contributed by atoms with van der Waals surface area (Å²) in [6, 6.07) is 13.3. The number of thiazole rings is 1. The van der Waals surface area contributed by atoms with Gasteiger partial charge < -0.3 is 21.2 Å². The first-order valence-electron chi connectivity index (χ1n) is 9.23. The van der Waals surface area contributed by atoms with Crippen molar-refractivity contribution in [2.45, 2.75) is 0 Å². The van der Waals surface area contributed by atoms with E-state index in [1.54, 1.807) is 40.7 Å². The number of carboxylic acids is 1. The molecule has 0 aliphatic heterocycles. The molecule has 0 fully saturated rings. The summed E-state index contributed by atoms with van der Waals surface area (Å²) >= 11 is 1.21. The molecule has 0 unspecified atom stereocenters. The van der Waals surface area contributed by atoms with E-state index in [0.717, 1.165) is 5.69 Å². The molecule has 0 spiro atoms. The van der Waals surface area contributed by atoms with E-state index < -0.39 is 11.9 Å². The number of carbonyl (C=O) groups excluding carboxylic acids is 2. The van der Waals surface area contributed by atoms with Gasteiger partial charge in [0.25, 0.3) is 5.91 Å². The Balaban J connectivity index is 1.56. The van der Waals surface area contributed by atoms with Crippen molar-refractivity contribution in [3.8, 4) is 11.3 Å². The van der Waals surface area contributed by atoms with Gasteiger partial charge in [0.1, 0.15) is 0 Å². The first kappa shape index (κ1) is 21.9. The van der Waals surface area contributed by atoms with E-state index in [9.17, 15) is 14.4 Å². The largest absolute Gasteiger partial charge is 0.478 e. The van der Waals surface area contributed by atoms with Crippen LogP contribution >= 0.6 is 11.3 Å². The number of hydrogen-bond donors (Lipinski definition) is 4. The predicted molar refractivity (Wildman–Crippen MR) is 119 cm³/mol. The number of hydrazine groups is 1. The van der Waals surface area contributed by atoms with E-state index in [1.165, 1.54) is 23.5 Å². The van der Waals surface area contributed by atoms with Crippen LogP contribution in [0.5, 0.6) is 0 Å². The highest BCUT2D eigenvalue weighted by atomic mass is 32.1. The quantitative estimate of drug-likeness (QED) is 0.398. The fraction of sp³-hybridized carbons (Fsp3) is 0.143. The summed E-state index contributed by atoms with van der Waals surface area (Å²) in [5.74, 6) is -1.82. The van der Waals surface area contributed by atoms with Gasteiger partial charge in [0.15, 0.2) is 5.13 Å². The smallest absolute Gasteiger partial charge is 0.335 e. The Morgan fingerprint density at radius 2 is 1.81 bits per heavy atom. The molecular formula is C21H21N5O4S. The number of carboxylic acid groups (broad SMARTS) is 1. The van der Waals surface area contributed by atoms with Gasteiger partial charge in [0.2, 0.25) is 5.91 Å². The van der Waals surface area contributed by atoms with Gasteiger partial charge in [0, 0.05) is 36.3 Å². The van der Waals surface area contributed by atoms with Gasteiger partial charge in [-0.05, 0) is 30.3 Å². The number of anilines is 2. The number of hydrogen-bond acceptors (Lipinski definition) is 7. The SMILES string of the molecule is CN(C)Nc1cccc(C(=O)NCC(=O)Nc2nc(-c3cccc(C(=O)O)c3)cs2)c1. The molecule has 4 N–H and O–H groups in total. The molecule has 0 bridgehead atoms.